The van der Waals surface area contributed by atoms with Crippen molar-refractivity contribution >= 4 is 12.4 Å². The van der Waals surface area contributed by atoms with E-state index in [0.717, 1.165) is 23.5 Å². The molecule has 0 aliphatic heterocycles. The molecule has 1 aromatic carbocycles. The van der Waals surface area contributed by atoms with Gasteiger partial charge in [0.2, 0.25) is 0 Å². The summed E-state index contributed by atoms with van der Waals surface area (Å²) < 4.78 is 10.7. The predicted octanol–water partition coefficient (Wildman–Crippen LogP) is 3.17. The molecule has 98 valence electrons. The zero-order valence-corrected chi connectivity index (χ0v) is 11.7. The Morgan fingerprint density at radius 2 is 1.65 bits per heavy atom. The maximum atomic E-state index is 6.24. The van der Waals surface area contributed by atoms with E-state index in [4.69, 9.17) is 15.2 Å². The van der Waals surface area contributed by atoms with Crippen molar-refractivity contribution in [2.45, 2.75) is 26.3 Å². The van der Waals surface area contributed by atoms with Crippen molar-refractivity contribution in [3.63, 3.8) is 0 Å². The lowest BCUT2D eigenvalue weighted by Crippen LogP contribution is -2.20. The maximum absolute atomic E-state index is 6.24. The molecule has 0 spiro atoms. The number of rotatable bonds is 5. The molecule has 17 heavy (non-hydrogen) atoms. The van der Waals surface area contributed by atoms with Gasteiger partial charge >= 0.3 is 0 Å². The summed E-state index contributed by atoms with van der Waals surface area (Å²) in [6.07, 6.45) is 1.03. The van der Waals surface area contributed by atoms with Gasteiger partial charge in [0.25, 0.3) is 0 Å². The Morgan fingerprint density at radius 3 is 2.00 bits per heavy atom. The Hall–Kier alpha value is -0.930. The van der Waals surface area contributed by atoms with Gasteiger partial charge in [0.05, 0.1) is 19.8 Å². The molecule has 2 N–H and O–H groups in total. The summed E-state index contributed by atoms with van der Waals surface area (Å²) >= 11 is 0. The van der Waals surface area contributed by atoms with Gasteiger partial charge in [-0.15, -0.1) is 12.4 Å². The molecule has 1 aromatic rings. The normalized spacial score (nSPS) is 13.5. The fraction of sp³-hybridized carbons (Fsp3) is 0.538. The molecule has 3 nitrogen and oxygen atoms in total. The maximum Gasteiger partial charge on any atom is 0.127 e. The molecule has 0 aliphatic rings. The van der Waals surface area contributed by atoms with Crippen molar-refractivity contribution in [3.05, 3.63) is 23.8 Å². The van der Waals surface area contributed by atoms with Crippen molar-refractivity contribution in [1.82, 2.24) is 0 Å². The van der Waals surface area contributed by atoms with E-state index in [1.54, 1.807) is 14.2 Å². The number of halogens is 1. The standard InChI is InChI=1S/C13H21NO2.ClH/c1-5-9(2)13(14)12-10(15-3)7-6-8-11(12)16-4;/h6-9,13H,5,14H2,1-4H3;1H/t9?,13-;/m1./s1. The first-order chi connectivity index (χ1) is 7.65. The summed E-state index contributed by atoms with van der Waals surface area (Å²) in [6.45, 7) is 4.27. The third kappa shape index (κ3) is 3.51. The van der Waals surface area contributed by atoms with Gasteiger partial charge in [-0.2, -0.15) is 0 Å². The zero-order valence-electron chi connectivity index (χ0n) is 10.9. The monoisotopic (exact) mass is 259 g/mol. The van der Waals surface area contributed by atoms with Crippen LogP contribution in [0.2, 0.25) is 0 Å². The minimum atomic E-state index is -0.0592. The molecule has 0 radical (unpaired) electrons. The van der Waals surface area contributed by atoms with Gasteiger partial charge in [-0.1, -0.05) is 26.3 Å². The first kappa shape index (κ1) is 16.1. The van der Waals surface area contributed by atoms with Gasteiger partial charge < -0.3 is 15.2 Å². The smallest absolute Gasteiger partial charge is 0.127 e. The lowest BCUT2D eigenvalue weighted by Gasteiger charge is -2.23. The second-order valence-electron chi connectivity index (χ2n) is 3.99. The van der Waals surface area contributed by atoms with E-state index < -0.39 is 0 Å². The van der Waals surface area contributed by atoms with Gasteiger partial charge in [0.1, 0.15) is 11.5 Å². The Kier molecular flexibility index (Phi) is 7.00. The van der Waals surface area contributed by atoms with Crippen LogP contribution in [-0.2, 0) is 0 Å². The molecule has 4 heteroatoms. The number of nitrogens with two attached hydrogens (primary N) is 1. The third-order valence-corrected chi connectivity index (χ3v) is 3.06. The van der Waals surface area contributed by atoms with Gasteiger partial charge in [-0.25, -0.2) is 0 Å². The van der Waals surface area contributed by atoms with Gasteiger partial charge in [-0.05, 0) is 18.1 Å². The number of benzene rings is 1. The van der Waals surface area contributed by atoms with Crippen molar-refractivity contribution in [2.24, 2.45) is 11.7 Å². The fourth-order valence-electron chi connectivity index (χ4n) is 1.75. The Balaban J connectivity index is 0.00000256. The summed E-state index contributed by atoms with van der Waals surface area (Å²) in [5.74, 6) is 1.99. The highest BCUT2D eigenvalue weighted by atomic mass is 35.5. The fourth-order valence-corrected chi connectivity index (χ4v) is 1.75. The first-order valence-corrected chi connectivity index (χ1v) is 5.62. The van der Waals surface area contributed by atoms with Crippen LogP contribution in [0.4, 0.5) is 0 Å². The molecule has 0 fully saturated rings. The molecule has 0 saturated carbocycles. The molecule has 0 aliphatic carbocycles. The van der Waals surface area contributed by atoms with E-state index in [0.29, 0.717) is 5.92 Å². The molecule has 1 rings (SSSR count). The summed E-state index contributed by atoms with van der Waals surface area (Å²) in [4.78, 5) is 0. The van der Waals surface area contributed by atoms with Gasteiger partial charge in [0, 0.05) is 6.04 Å². The molecular weight excluding hydrogens is 238 g/mol. The molecule has 2 atom stereocenters. The summed E-state index contributed by atoms with van der Waals surface area (Å²) in [7, 11) is 3.31. The van der Waals surface area contributed by atoms with Gasteiger partial charge in [-0.3, -0.25) is 0 Å². The number of hydrogen-bond donors (Lipinski definition) is 1. The van der Waals surface area contributed by atoms with Crippen LogP contribution in [0.5, 0.6) is 11.5 Å². The van der Waals surface area contributed by atoms with Crippen molar-refractivity contribution in [1.29, 1.82) is 0 Å². The molecule has 0 aromatic heterocycles. The SMILES string of the molecule is CCC(C)[C@@H](N)c1c(OC)cccc1OC.Cl. The summed E-state index contributed by atoms with van der Waals surface area (Å²) in [5.41, 5.74) is 7.20. The summed E-state index contributed by atoms with van der Waals surface area (Å²) in [5, 5.41) is 0. The van der Waals surface area contributed by atoms with Crippen molar-refractivity contribution in [3.8, 4) is 11.5 Å². The topological polar surface area (TPSA) is 44.5 Å². The highest BCUT2D eigenvalue weighted by Crippen LogP contribution is 2.36. The molecular formula is C13H22ClNO2. The Labute approximate surface area is 110 Å². The van der Waals surface area contributed by atoms with E-state index in [-0.39, 0.29) is 18.4 Å². The molecule has 1 unspecified atom stereocenters. The van der Waals surface area contributed by atoms with Crippen LogP contribution in [0.25, 0.3) is 0 Å². The van der Waals surface area contributed by atoms with Crippen LogP contribution in [0, 0.1) is 5.92 Å². The van der Waals surface area contributed by atoms with E-state index in [1.165, 1.54) is 0 Å². The highest BCUT2D eigenvalue weighted by Gasteiger charge is 2.21. The molecule has 0 saturated heterocycles. The van der Waals surface area contributed by atoms with Crippen molar-refractivity contribution < 1.29 is 9.47 Å². The van der Waals surface area contributed by atoms with E-state index >= 15 is 0 Å². The Morgan fingerprint density at radius 1 is 1.18 bits per heavy atom. The third-order valence-electron chi connectivity index (χ3n) is 3.06. The van der Waals surface area contributed by atoms with Crippen LogP contribution in [0.15, 0.2) is 18.2 Å². The minimum Gasteiger partial charge on any atom is -0.496 e. The number of methoxy groups -OCH3 is 2. The Bertz CT molecular complexity index is 322. The predicted molar refractivity (Wildman–Crippen MR) is 73.2 cm³/mol. The molecule has 0 amide bonds. The van der Waals surface area contributed by atoms with Crippen LogP contribution >= 0.6 is 12.4 Å². The minimum absolute atomic E-state index is 0. The second-order valence-corrected chi connectivity index (χ2v) is 3.99. The molecule has 0 heterocycles. The van der Waals surface area contributed by atoms with Crippen LogP contribution in [-0.4, -0.2) is 14.2 Å². The largest absolute Gasteiger partial charge is 0.496 e. The zero-order chi connectivity index (χ0) is 12.1. The lowest BCUT2D eigenvalue weighted by atomic mass is 9.92. The van der Waals surface area contributed by atoms with Crippen LogP contribution in [0.1, 0.15) is 31.9 Å². The highest BCUT2D eigenvalue weighted by molar-refractivity contribution is 5.85. The summed E-state index contributed by atoms with van der Waals surface area (Å²) in [6, 6.07) is 5.68. The number of ether oxygens (including phenoxy) is 2. The van der Waals surface area contributed by atoms with Crippen molar-refractivity contribution in [2.75, 3.05) is 14.2 Å². The quantitative estimate of drug-likeness (QED) is 0.883. The molecule has 0 bridgehead atoms. The average molecular weight is 260 g/mol. The van der Waals surface area contributed by atoms with E-state index in [2.05, 4.69) is 13.8 Å². The van der Waals surface area contributed by atoms with E-state index in [1.807, 2.05) is 18.2 Å². The lowest BCUT2D eigenvalue weighted by molar-refractivity contribution is 0.360. The van der Waals surface area contributed by atoms with Crippen LogP contribution < -0.4 is 15.2 Å². The number of hydrogen-bond acceptors (Lipinski definition) is 3. The van der Waals surface area contributed by atoms with Crippen LogP contribution in [0.3, 0.4) is 0 Å². The second kappa shape index (κ2) is 7.41. The first-order valence-electron chi connectivity index (χ1n) is 5.62. The average Bonchev–Trinajstić information content (AvgIpc) is 2.35. The van der Waals surface area contributed by atoms with E-state index in [9.17, 15) is 0 Å². The van der Waals surface area contributed by atoms with Gasteiger partial charge in [0.15, 0.2) is 0 Å².